The van der Waals surface area contributed by atoms with Crippen LogP contribution in [0, 0.1) is 6.92 Å². The number of ether oxygens (including phenoxy) is 2. The van der Waals surface area contributed by atoms with E-state index in [4.69, 9.17) is 9.47 Å². The molecule has 4 rings (SSSR count). The Hall–Kier alpha value is -2.16. The third-order valence-electron chi connectivity index (χ3n) is 4.47. The minimum Gasteiger partial charge on any atom is -0.494 e. The van der Waals surface area contributed by atoms with E-state index in [9.17, 15) is 5.11 Å². The number of rotatable bonds is 5. The van der Waals surface area contributed by atoms with Gasteiger partial charge in [0.1, 0.15) is 11.6 Å². The first-order valence-electron chi connectivity index (χ1n) is 8.77. The van der Waals surface area contributed by atoms with Gasteiger partial charge in [0.15, 0.2) is 0 Å². The fraction of sp³-hybridized carbons (Fsp3) is 0.444. The Kier molecular flexibility index (Phi) is 4.80. The predicted octanol–water partition coefficient (Wildman–Crippen LogP) is 2.63. The van der Waals surface area contributed by atoms with Gasteiger partial charge in [0.05, 0.1) is 30.7 Å². The lowest BCUT2D eigenvalue weighted by atomic mass is 10.0. The third kappa shape index (κ3) is 3.15. The van der Waals surface area contributed by atoms with Crippen molar-refractivity contribution in [2.45, 2.75) is 19.9 Å². The van der Waals surface area contributed by atoms with Crippen LogP contribution in [0.2, 0.25) is 0 Å². The van der Waals surface area contributed by atoms with E-state index in [2.05, 4.69) is 27.1 Å². The van der Waals surface area contributed by atoms with E-state index in [-0.39, 0.29) is 11.9 Å². The minimum absolute atomic E-state index is 0.0663. The van der Waals surface area contributed by atoms with E-state index in [1.54, 1.807) is 0 Å². The number of hydrogen-bond donors (Lipinski definition) is 1. The number of aromatic hydroxyl groups is 1. The molecule has 26 heavy (non-hydrogen) atoms. The number of nitrogens with zero attached hydrogens (tertiary/aromatic N) is 4. The molecule has 0 bridgehead atoms. The monoisotopic (exact) mass is 374 g/mol. The molecule has 1 aliphatic heterocycles. The second kappa shape index (κ2) is 7.22. The molecule has 2 aromatic heterocycles. The van der Waals surface area contributed by atoms with Gasteiger partial charge in [-0.2, -0.15) is 4.52 Å². The number of fused-ring (bicyclic) bond motifs is 1. The molecule has 1 saturated heterocycles. The van der Waals surface area contributed by atoms with Crippen molar-refractivity contribution in [2.24, 2.45) is 0 Å². The molecule has 138 valence electrons. The van der Waals surface area contributed by atoms with Crippen LogP contribution in [0.15, 0.2) is 24.3 Å². The zero-order chi connectivity index (χ0) is 18.1. The van der Waals surface area contributed by atoms with Gasteiger partial charge in [-0.05, 0) is 31.5 Å². The average Bonchev–Trinajstić information content (AvgIpc) is 3.16. The van der Waals surface area contributed by atoms with Crippen molar-refractivity contribution in [1.82, 2.24) is 19.5 Å². The van der Waals surface area contributed by atoms with Crippen molar-refractivity contribution in [3.63, 3.8) is 0 Å². The lowest BCUT2D eigenvalue weighted by Crippen LogP contribution is -2.39. The average molecular weight is 374 g/mol. The van der Waals surface area contributed by atoms with E-state index < -0.39 is 0 Å². The number of benzene rings is 1. The molecule has 1 N–H and O–H groups in total. The fourth-order valence-electron chi connectivity index (χ4n) is 3.30. The Morgan fingerprint density at radius 3 is 2.65 bits per heavy atom. The molecule has 1 fully saturated rings. The van der Waals surface area contributed by atoms with Gasteiger partial charge in [-0.15, -0.1) is 5.10 Å². The molecule has 3 aromatic rings. The first kappa shape index (κ1) is 17.3. The zero-order valence-electron chi connectivity index (χ0n) is 14.9. The summed E-state index contributed by atoms with van der Waals surface area (Å²) in [6.07, 6.45) is 0. The Bertz CT molecular complexity index is 884. The van der Waals surface area contributed by atoms with E-state index in [1.165, 1.54) is 15.9 Å². The van der Waals surface area contributed by atoms with Gasteiger partial charge in [-0.1, -0.05) is 23.5 Å². The van der Waals surface area contributed by atoms with E-state index in [0.717, 1.165) is 29.3 Å². The van der Waals surface area contributed by atoms with Crippen molar-refractivity contribution in [2.75, 3.05) is 32.9 Å². The van der Waals surface area contributed by atoms with Crippen molar-refractivity contribution < 1.29 is 14.6 Å². The number of hydrogen-bond acceptors (Lipinski definition) is 7. The number of morpholine rings is 1. The van der Waals surface area contributed by atoms with Gasteiger partial charge in [0, 0.05) is 13.1 Å². The molecule has 1 aromatic carbocycles. The summed E-state index contributed by atoms with van der Waals surface area (Å²) in [6, 6.07) is 8.01. The summed E-state index contributed by atoms with van der Waals surface area (Å²) in [5.41, 5.74) is 1.10. The van der Waals surface area contributed by atoms with Crippen LogP contribution in [-0.4, -0.2) is 57.5 Å². The highest BCUT2D eigenvalue weighted by Gasteiger charge is 2.30. The molecular weight excluding hydrogens is 352 g/mol. The van der Waals surface area contributed by atoms with Crippen molar-refractivity contribution in [3.8, 4) is 11.6 Å². The van der Waals surface area contributed by atoms with Gasteiger partial charge < -0.3 is 14.6 Å². The molecule has 8 heteroatoms. The van der Waals surface area contributed by atoms with E-state index >= 15 is 0 Å². The smallest absolute Gasteiger partial charge is 0.230 e. The fourth-order valence-corrected chi connectivity index (χ4v) is 4.47. The first-order valence-corrected chi connectivity index (χ1v) is 9.58. The van der Waals surface area contributed by atoms with Crippen molar-refractivity contribution in [1.29, 1.82) is 0 Å². The Morgan fingerprint density at radius 2 is 2.00 bits per heavy atom. The van der Waals surface area contributed by atoms with Crippen molar-refractivity contribution >= 4 is 16.3 Å². The van der Waals surface area contributed by atoms with Crippen LogP contribution in [0.5, 0.6) is 11.6 Å². The third-order valence-corrected chi connectivity index (χ3v) is 5.54. The summed E-state index contributed by atoms with van der Waals surface area (Å²) in [4.78, 5) is 8.29. The van der Waals surface area contributed by atoms with Gasteiger partial charge >= 0.3 is 0 Å². The Balaban J connectivity index is 1.76. The highest BCUT2D eigenvalue weighted by molar-refractivity contribution is 7.17. The largest absolute Gasteiger partial charge is 0.494 e. The van der Waals surface area contributed by atoms with Gasteiger partial charge in [0.2, 0.25) is 10.8 Å². The summed E-state index contributed by atoms with van der Waals surface area (Å²) >= 11 is 1.48. The zero-order valence-corrected chi connectivity index (χ0v) is 15.7. The second-order valence-electron chi connectivity index (χ2n) is 6.20. The van der Waals surface area contributed by atoms with Crippen molar-refractivity contribution in [3.05, 3.63) is 40.5 Å². The maximum atomic E-state index is 10.8. The molecule has 0 saturated carbocycles. The summed E-state index contributed by atoms with van der Waals surface area (Å²) < 4.78 is 12.6. The van der Waals surface area contributed by atoms with Crippen LogP contribution in [0.3, 0.4) is 0 Å². The molecule has 0 radical (unpaired) electrons. The maximum absolute atomic E-state index is 10.8. The molecule has 0 aliphatic carbocycles. The Morgan fingerprint density at radius 1 is 1.27 bits per heavy atom. The number of thiazole rings is 1. The van der Waals surface area contributed by atoms with Crippen LogP contribution in [0.25, 0.3) is 4.96 Å². The molecule has 0 spiro atoms. The topological polar surface area (TPSA) is 72.1 Å². The van der Waals surface area contributed by atoms with Crippen LogP contribution in [0.1, 0.15) is 29.2 Å². The quantitative estimate of drug-likeness (QED) is 0.740. The summed E-state index contributed by atoms with van der Waals surface area (Å²) in [5.74, 6) is 1.66. The standard InChI is InChI=1S/C18H22N4O3S/c1-3-25-14-6-4-13(5-7-14)15(21-8-10-24-11-9-21)16-17(23)22-18(26-16)19-12(2)20-22/h4-7,15,23H,3,8-11H2,1-2H3/t15-/m0/s1. The number of aryl methyl sites for hydroxylation is 1. The van der Waals surface area contributed by atoms with Crippen LogP contribution >= 0.6 is 11.3 Å². The maximum Gasteiger partial charge on any atom is 0.230 e. The lowest BCUT2D eigenvalue weighted by molar-refractivity contribution is 0.0241. The highest BCUT2D eigenvalue weighted by Crippen LogP contribution is 2.40. The second-order valence-corrected chi connectivity index (χ2v) is 7.21. The lowest BCUT2D eigenvalue weighted by Gasteiger charge is -2.34. The van der Waals surface area contributed by atoms with Crippen LogP contribution in [0.4, 0.5) is 0 Å². The van der Waals surface area contributed by atoms with Crippen LogP contribution in [-0.2, 0) is 4.74 Å². The molecule has 1 atom stereocenters. The summed E-state index contributed by atoms with van der Waals surface area (Å²) in [7, 11) is 0. The SMILES string of the molecule is CCOc1ccc([C@@H](c2sc3nc(C)nn3c2O)N2CCOCC2)cc1. The normalized spacial score (nSPS) is 16.8. The molecule has 1 aliphatic rings. The molecule has 0 unspecified atom stereocenters. The first-order chi connectivity index (χ1) is 12.7. The van der Waals surface area contributed by atoms with E-state index in [1.807, 2.05) is 26.0 Å². The van der Waals surface area contributed by atoms with Gasteiger partial charge in [-0.3, -0.25) is 4.90 Å². The van der Waals surface area contributed by atoms with Crippen LogP contribution < -0.4 is 4.74 Å². The molecule has 3 heterocycles. The molecule has 7 nitrogen and oxygen atoms in total. The Labute approximate surface area is 155 Å². The molecule has 0 amide bonds. The summed E-state index contributed by atoms with van der Waals surface area (Å²) in [5, 5.41) is 15.1. The van der Waals surface area contributed by atoms with Gasteiger partial charge in [0.25, 0.3) is 0 Å². The predicted molar refractivity (Wildman–Crippen MR) is 99.1 cm³/mol. The summed E-state index contributed by atoms with van der Waals surface area (Å²) in [6.45, 7) is 7.43. The minimum atomic E-state index is -0.0663. The van der Waals surface area contributed by atoms with Gasteiger partial charge in [-0.25, -0.2) is 4.98 Å². The molecular formula is C18H22N4O3S. The van der Waals surface area contributed by atoms with E-state index in [0.29, 0.717) is 30.6 Å². The number of aromatic nitrogens is 3. The highest BCUT2D eigenvalue weighted by atomic mass is 32.1.